The molecular weight excluding hydrogens is 224 g/mol. The summed E-state index contributed by atoms with van der Waals surface area (Å²) in [6.45, 7) is 0. The van der Waals surface area contributed by atoms with Gasteiger partial charge < -0.3 is 9.84 Å². The summed E-state index contributed by atoms with van der Waals surface area (Å²) in [5.74, 6) is -0.363. The van der Waals surface area contributed by atoms with E-state index in [0.717, 1.165) is 10.4 Å². The third-order valence-corrected chi connectivity index (χ3v) is 3.14. The van der Waals surface area contributed by atoms with E-state index in [1.165, 1.54) is 13.2 Å². The normalized spacial score (nSPS) is 10.1. The Labute approximate surface area is 96.9 Å². The zero-order valence-electron chi connectivity index (χ0n) is 8.64. The summed E-state index contributed by atoms with van der Waals surface area (Å²) in [4.78, 5) is 11.9. The van der Waals surface area contributed by atoms with Crippen molar-refractivity contribution in [1.29, 1.82) is 0 Å². The van der Waals surface area contributed by atoms with E-state index in [4.69, 9.17) is 9.84 Å². The van der Waals surface area contributed by atoms with E-state index in [2.05, 4.69) is 0 Å². The van der Waals surface area contributed by atoms with Crippen molar-refractivity contribution in [3.8, 4) is 16.2 Å². The van der Waals surface area contributed by atoms with Gasteiger partial charge in [0.15, 0.2) is 0 Å². The molecule has 0 fully saturated rings. The molecule has 82 valence electrons. The molecule has 2 aromatic rings. The van der Waals surface area contributed by atoms with E-state index in [0.29, 0.717) is 5.75 Å². The van der Waals surface area contributed by atoms with E-state index in [-0.39, 0.29) is 5.56 Å². The third-order valence-electron chi connectivity index (χ3n) is 2.24. The molecule has 0 saturated heterocycles. The van der Waals surface area contributed by atoms with Crippen molar-refractivity contribution in [3.63, 3.8) is 0 Å². The number of benzene rings is 1. The molecule has 16 heavy (non-hydrogen) atoms. The van der Waals surface area contributed by atoms with Gasteiger partial charge in [-0.1, -0.05) is 6.07 Å². The van der Waals surface area contributed by atoms with Crippen LogP contribution in [0.1, 0.15) is 10.4 Å². The largest absolute Gasteiger partial charge is 0.496 e. The second-order valence-corrected chi connectivity index (χ2v) is 4.15. The van der Waals surface area contributed by atoms with Crippen molar-refractivity contribution in [3.05, 3.63) is 41.3 Å². The van der Waals surface area contributed by atoms with Crippen molar-refractivity contribution < 1.29 is 14.6 Å². The Bertz CT molecular complexity index is 503. The lowest BCUT2D eigenvalue weighted by molar-refractivity contribution is 0.0696. The SMILES string of the molecule is COc1cc(C(=O)O)ccc1-c1cccs1. The van der Waals surface area contributed by atoms with Crippen LogP contribution in [-0.2, 0) is 0 Å². The van der Waals surface area contributed by atoms with Gasteiger partial charge in [-0.25, -0.2) is 4.79 Å². The van der Waals surface area contributed by atoms with Crippen molar-refractivity contribution in [1.82, 2.24) is 0 Å². The van der Waals surface area contributed by atoms with E-state index >= 15 is 0 Å². The molecule has 1 N–H and O–H groups in total. The minimum atomic E-state index is -0.948. The molecule has 2 rings (SSSR count). The summed E-state index contributed by atoms with van der Waals surface area (Å²) in [5, 5.41) is 10.8. The first-order valence-corrected chi connectivity index (χ1v) is 5.55. The number of methoxy groups -OCH3 is 1. The van der Waals surface area contributed by atoms with Crippen LogP contribution in [0.5, 0.6) is 5.75 Å². The van der Waals surface area contributed by atoms with Crippen molar-refractivity contribution in [2.75, 3.05) is 7.11 Å². The molecule has 4 heteroatoms. The van der Waals surface area contributed by atoms with Gasteiger partial charge in [0.05, 0.1) is 12.7 Å². The van der Waals surface area contributed by atoms with Crippen LogP contribution in [0, 0.1) is 0 Å². The van der Waals surface area contributed by atoms with Gasteiger partial charge in [-0.15, -0.1) is 11.3 Å². The average Bonchev–Trinajstić information content (AvgIpc) is 2.81. The number of carboxylic acid groups (broad SMARTS) is 1. The van der Waals surface area contributed by atoms with Crippen molar-refractivity contribution >= 4 is 17.3 Å². The Balaban J connectivity index is 2.51. The molecule has 0 atom stereocenters. The molecule has 3 nitrogen and oxygen atoms in total. The van der Waals surface area contributed by atoms with E-state index in [1.807, 2.05) is 17.5 Å². The summed E-state index contributed by atoms with van der Waals surface area (Å²) in [6.07, 6.45) is 0. The highest BCUT2D eigenvalue weighted by Crippen LogP contribution is 2.33. The van der Waals surface area contributed by atoms with E-state index in [1.54, 1.807) is 23.5 Å². The summed E-state index contributed by atoms with van der Waals surface area (Å²) < 4.78 is 5.20. The lowest BCUT2D eigenvalue weighted by Gasteiger charge is -2.07. The van der Waals surface area contributed by atoms with E-state index < -0.39 is 5.97 Å². The van der Waals surface area contributed by atoms with Crippen LogP contribution in [0.2, 0.25) is 0 Å². The van der Waals surface area contributed by atoms with Gasteiger partial charge in [-0.05, 0) is 29.6 Å². The Morgan fingerprint density at radius 3 is 2.75 bits per heavy atom. The molecular formula is C12H10O3S. The van der Waals surface area contributed by atoms with Crippen LogP contribution in [0.15, 0.2) is 35.7 Å². The first-order chi connectivity index (χ1) is 7.72. The highest BCUT2D eigenvalue weighted by Gasteiger charge is 2.10. The molecule has 1 aromatic carbocycles. The monoisotopic (exact) mass is 234 g/mol. The molecule has 0 aliphatic heterocycles. The minimum Gasteiger partial charge on any atom is -0.496 e. The summed E-state index contributed by atoms with van der Waals surface area (Å²) in [5.41, 5.74) is 1.15. The smallest absolute Gasteiger partial charge is 0.335 e. The summed E-state index contributed by atoms with van der Waals surface area (Å²) >= 11 is 1.59. The number of ether oxygens (including phenoxy) is 1. The fraction of sp³-hybridized carbons (Fsp3) is 0.0833. The zero-order chi connectivity index (χ0) is 11.5. The van der Waals surface area contributed by atoms with Gasteiger partial charge in [-0.2, -0.15) is 0 Å². The van der Waals surface area contributed by atoms with Crippen LogP contribution in [0.3, 0.4) is 0 Å². The van der Waals surface area contributed by atoms with Crippen LogP contribution < -0.4 is 4.74 Å². The Kier molecular flexibility index (Phi) is 2.92. The minimum absolute atomic E-state index is 0.233. The number of carbonyl (C=O) groups is 1. The molecule has 0 bridgehead atoms. The van der Waals surface area contributed by atoms with Gasteiger partial charge >= 0.3 is 5.97 Å². The molecule has 1 heterocycles. The molecule has 1 aromatic heterocycles. The molecule has 0 aliphatic carbocycles. The second-order valence-electron chi connectivity index (χ2n) is 3.20. The number of thiophene rings is 1. The second kappa shape index (κ2) is 4.37. The third kappa shape index (κ3) is 1.92. The maximum atomic E-state index is 10.8. The number of rotatable bonds is 3. The van der Waals surface area contributed by atoms with Gasteiger partial charge in [-0.3, -0.25) is 0 Å². The van der Waals surface area contributed by atoms with Crippen molar-refractivity contribution in [2.45, 2.75) is 0 Å². The number of hydrogen-bond acceptors (Lipinski definition) is 3. The van der Waals surface area contributed by atoms with Crippen LogP contribution >= 0.6 is 11.3 Å². The Hall–Kier alpha value is -1.81. The predicted molar refractivity (Wildman–Crippen MR) is 63.3 cm³/mol. The Morgan fingerprint density at radius 2 is 2.19 bits per heavy atom. The summed E-state index contributed by atoms with van der Waals surface area (Å²) in [7, 11) is 1.54. The lowest BCUT2D eigenvalue weighted by atomic mass is 10.1. The van der Waals surface area contributed by atoms with Gasteiger partial charge in [0.1, 0.15) is 5.75 Å². The van der Waals surface area contributed by atoms with Crippen LogP contribution in [-0.4, -0.2) is 18.2 Å². The topological polar surface area (TPSA) is 46.5 Å². The first-order valence-electron chi connectivity index (χ1n) is 4.67. The average molecular weight is 234 g/mol. The fourth-order valence-electron chi connectivity index (χ4n) is 1.46. The maximum absolute atomic E-state index is 10.8. The molecule has 0 spiro atoms. The Morgan fingerprint density at radius 1 is 1.38 bits per heavy atom. The maximum Gasteiger partial charge on any atom is 0.335 e. The number of carboxylic acids is 1. The van der Waals surface area contributed by atoms with Gasteiger partial charge in [0.25, 0.3) is 0 Å². The van der Waals surface area contributed by atoms with Crippen LogP contribution in [0.25, 0.3) is 10.4 Å². The predicted octanol–water partition coefficient (Wildman–Crippen LogP) is 3.12. The molecule has 0 saturated carbocycles. The van der Waals surface area contributed by atoms with E-state index in [9.17, 15) is 4.79 Å². The quantitative estimate of drug-likeness (QED) is 0.887. The zero-order valence-corrected chi connectivity index (χ0v) is 9.45. The number of hydrogen-bond donors (Lipinski definition) is 1. The molecule has 0 amide bonds. The molecule has 0 aliphatic rings. The van der Waals surface area contributed by atoms with Crippen LogP contribution in [0.4, 0.5) is 0 Å². The first kappa shape index (κ1) is 10.7. The number of aromatic carboxylic acids is 1. The van der Waals surface area contributed by atoms with Gasteiger partial charge in [0.2, 0.25) is 0 Å². The summed E-state index contributed by atoms with van der Waals surface area (Å²) in [6, 6.07) is 8.82. The highest BCUT2D eigenvalue weighted by atomic mass is 32.1. The standard InChI is InChI=1S/C12H10O3S/c1-15-10-7-8(12(13)14)4-5-9(10)11-3-2-6-16-11/h2-7H,1H3,(H,13,14). The molecule has 0 radical (unpaired) electrons. The fourth-order valence-corrected chi connectivity index (χ4v) is 2.22. The highest BCUT2D eigenvalue weighted by molar-refractivity contribution is 7.13. The van der Waals surface area contributed by atoms with Crippen molar-refractivity contribution in [2.24, 2.45) is 0 Å². The van der Waals surface area contributed by atoms with Gasteiger partial charge in [0, 0.05) is 10.4 Å². The lowest BCUT2D eigenvalue weighted by Crippen LogP contribution is -1.97. The molecule has 0 unspecified atom stereocenters.